The van der Waals surface area contributed by atoms with Crippen molar-refractivity contribution >= 4 is 21.6 Å². The van der Waals surface area contributed by atoms with Crippen molar-refractivity contribution in [2.45, 2.75) is 68.0 Å². The number of alkyl halides is 1. The van der Waals surface area contributed by atoms with E-state index in [0.717, 1.165) is 18.1 Å². The van der Waals surface area contributed by atoms with Gasteiger partial charge in [-0.1, -0.05) is 18.6 Å². The van der Waals surface area contributed by atoms with Crippen molar-refractivity contribution in [3.05, 3.63) is 59.2 Å². The minimum Gasteiger partial charge on any atom is -0.379 e. The molecule has 0 spiro atoms. The molecule has 0 aromatic heterocycles. The lowest BCUT2D eigenvalue weighted by molar-refractivity contribution is -0.133. The Morgan fingerprint density at radius 1 is 1.11 bits per heavy atom. The number of halogens is 3. The number of nitrogens with zero attached hydrogens (tertiary/aromatic N) is 2. The summed E-state index contributed by atoms with van der Waals surface area (Å²) in [5.41, 5.74) is -1.82. The van der Waals surface area contributed by atoms with Crippen LogP contribution in [0.2, 0.25) is 0 Å². The van der Waals surface area contributed by atoms with Crippen LogP contribution >= 0.6 is 0 Å². The molecule has 0 bridgehead atoms. The van der Waals surface area contributed by atoms with Crippen LogP contribution in [0.3, 0.4) is 0 Å². The molecule has 0 radical (unpaired) electrons. The zero-order chi connectivity index (χ0) is 27.9. The maximum Gasteiger partial charge on any atom is 0.271 e. The number of nitriles is 1. The summed E-state index contributed by atoms with van der Waals surface area (Å²) in [5, 5.41) is 12.7. The summed E-state index contributed by atoms with van der Waals surface area (Å²) in [6.07, 6.45) is 3.23. The molecule has 2 aromatic rings. The van der Waals surface area contributed by atoms with E-state index in [1.165, 1.54) is 12.1 Å². The molecular formula is C27H33F3N4O3S. The molecule has 206 valence electrons. The summed E-state index contributed by atoms with van der Waals surface area (Å²) >= 11 is 0. The molecule has 1 saturated carbocycles. The molecule has 0 heterocycles. The van der Waals surface area contributed by atoms with Crippen LogP contribution in [-0.2, 0) is 21.2 Å². The lowest BCUT2D eigenvalue weighted by atomic mass is 9.86. The summed E-state index contributed by atoms with van der Waals surface area (Å²) in [7, 11) is -0.834. The van der Waals surface area contributed by atoms with Crippen LogP contribution in [-0.4, -0.2) is 51.6 Å². The number of amides is 1. The fourth-order valence-electron chi connectivity index (χ4n) is 4.48. The zero-order valence-electron chi connectivity index (χ0n) is 21.6. The van der Waals surface area contributed by atoms with Gasteiger partial charge in [-0.2, -0.15) is 5.26 Å². The Morgan fingerprint density at radius 3 is 2.37 bits per heavy atom. The Morgan fingerprint density at radius 2 is 1.76 bits per heavy atom. The lowest BCUT2D eigenvalue weighted by Gasteiger charge is -2.27. The standard InChI is InChI=1S/C27H33F3N4O3S/c1-34(2)15-12-22(11-8-19-6-9-21(28)10-7-19)32-25-20(18-31)16-23(17-24(25)29)38(36,37)33-26(35)27(30)13-4-3-5-14-27/h6-7,9-10,16-17,22,32H,3-5,8,11-15H2,1-2H3,(H,33,35)/t22-/m0/s1. The average Bonchev–Trinajstić information content (AvgIpc) is 2.87. The van der Waals surface area contributed by atoms with Crippen molar-refractivity contribution in [2.24, 2.45) is 0 Å². The van der Waals surface area contributed by atoms with Crippen molar-refractivity contribution in [3.8, 4) is 6.07 Å². The molecule has 11 heteroatoms. The summed E-state index contributed by atoms with van der Waals surface area (Å²) in [4.78, 5) is 13.8. The van der Waals surface area contributed by atoms with Crippen molar-refractivity contribution in [1.82, 2.24) is 9.62 Å². The van der Waals surface area contributed by atoms with Gasteiger partial charge in [-0.15, -0.1) is 0 Å². The molecule has 0 unspecified atom stereocenters. The van der Waals surface area contributed by atoms with Gasteiger partial charge in [0.2, 0.25) is 0 Å². The molecule has 0 saturated heterocycles. The van der Waals surface area contributed by atoms with E-state index in [9.17, 15) is 27.3 Å². The van der Waals surface area contributed by atoms with Gasteiger partial charge in [0, 0.05) is 6.04 Å². The first-order chi connectivity index (χ1) is 17.9. The number of carbonyl (C=O) groups is 1. The van der Waals surface area contributed by atoms with Gasteiger partial charge < -0.3 is 10.2 Å². The number of rotatable bonds is 11. The Labute approximate surface area is 222 Å². The lowest BCUT2D eigenvalue weighted by Crippen LogP contribution is -2.46. The van der Waals surface area contributed by atoms with Crippen LogP contribution in [0.4, 0.5) is 18.9 Å². The van der Waals surface area contributed by atoms with Gasteiger partial charge in [0.1, 0.15) is 17.7 Å². The van der Waals surface area contributed by atoms with Crippen LogP contribution in [0.1, 0.15) is 56.1 Å². The van der Waals surface area contributed by atoms with Crippen LogP contribution in [0.15, 0.2) is 41.3 Å². The van der Waals surface area contributed by atoms with E-state index < -0.39 is 32.3 Å². The topological polar surface area (TPSA) is 102 Å². The van der Waals surface area contributed by atoms with E-state index >= 15 is 4.39 Å². The second-order valence-corrected chi connectivity index (χ2v) is 11.7. The highest BCUT2D eigenvalue weighted by molar-refractivity contribution is 7.90. The van der Waals surface area contributed by atoms with E-state index in [1.54, 1.807) is 16.9 Å². The van der Waals surface area contributed by atoms with Crippen LogP contribution in [0.5, 0.6) is 0 Å². The molecule has 2 N–H and O–H groups in total. The van der Waals surface area contributed by atoms with Crippen LogP contribution in [0, 0.1) is 23.0 Å². The summed E-state index contributed by atoms with van der Waals surface area (Å²) in [6, 6.07) is 9.28. The summed E-state index contributed by atoms with van der Waals surface area (Å²) in [6.45, 7) is 0.661. The summed E-state index contributed by atoms with van der Waals surface area (Å²) in [5.74, 6) is -2.60. The Bertz CT molecular complexity index is 1270. The van der Waals surface area contributed by atoms with Gasteiger partial charge in [0.05, 0.1) is 16.1 Å². The quantitative estimate of drug-likeness (QED) is 0.421. The molecule has 1 aliphatic rings. The minimum atomic E-state index is -4.61. The second-order valence-electron chi connectivity index (χ2n) is 10.00. The molecule has 3 rings (SSSR count). The summed E-state index contributed by atoms with van der Waals surface area (Å²) < 4.78 is 70.8. The highest BCUT2D eigenvalue weighted by Crippen LogP contribution is 2.33. The normalized spacial score (nSPS) is 16.0. The highest BCUT2D eigenvalue weighted by Gasteiger charge is 2.41. The Hall–Kier alpha value is -3.10. The average molecular weight is 551 g/mol. The molecule has 1 amide bonds. The van der Waals surface area contributed by atoms with Gasteiger partial charge in [-0.3, -0.25) is 4.79 Å². The second kappa shape index (κ2) is 12.6. The van der Waals surface area contributed by atoms with Gasteiger partial charge >= 0.3 is 0 Å². The van der Waals surface area contributed by atoms with E-state index in [2.05, 4.69) is 5.32 Å². The Balaban J connectivity index is 1.81. The highest BCUT2D eigenvalue weighted by atomic mass is 32.2. The largest absolute Gasteiger partial charge is 0.379 e. The van der Waals surface area contributed by atoms with Crippen LogP contribution in [0.25, 0.3) is 0 Å². The van der Waals surface area contributed by atoms with Crippen LogP contribution < -0.4 is 10.0 Å². The fraction of sp³-hybridized carbons (Fsp3) is 0.481. The molecular weight excluding hydrogens is 517 g/mol. The SMILES string of the molecule is CN(C)CC[C@H](CCc1ccc(F)cc1)Nc1c(F)cc(S(=O)(=O)NC(=O)C2(F)CCCCC2)cc1C#N. The van der Waals surface area contributed by atoms with E-state index in [1.807, 2.05) is 25.1 Å². The first-order valence-electron chi connectivity index (χ1n) is 12.6. The van der Waals surface area contributed by atoms with E-state index in [0.29, 0.717) is 44.7 Å². The molecule has 2 aromatic carbocycles. The van der Waals surface area contributed by atoms with Crippen molar-refractivity contribution in [1.29, 1.82) is 5.26 Å². The Kier molecular flexibility index (Phi) is 9.79. The number of hydrogen-bond donors (Lipinski definition) is 2. The van der Waals surface area contributed by atoms with E-state index in [-0.39, 0.29) is 36.0 Å². The van der Waals surface area contributed by atoms with Crippen molar-refractivity contribution in [3.63, 3.8) is 0 Å². The molecule has 1 fully saturated rings. The number of benzene rings is 2. The smallest absolute Gasteiger partial charge is 0.271 e. The zero-order valence-corrected chi connectivity index (χ0v) is 22.4. The first-order valence-corrected chi connectivity index (χ1v) is 14.1. The number of carbonyl (C=O) groups excluding carboxylic acids is 1. The third-order valence-corrected chi connectivity index (χ3v) is 8.05. The molecule has 38 heavy (non-hydrogen) atoms. The van der Waals surface area contributed by atoms with Gasteiger partial charge in [0.25, 0.3) is 15.9 Å². The predicted octanol–water partition coefficient (Wildman–Crippen LogP) is 4.68. The number of sulfonamides is 1. The van der Waals surface area contributed by atoms with E-state index in [4.69, 9.17) is 0 Å². The number of nitrogens with one attached hydrogen (secondary N) is 2. The van der Waals surface area contributed by atoms with Gasteiger partial charge in [-0.05, 0) is 95.4 Å². The maximum absolute atomic E-state index is 15.2. The maximum atomic E-state index is 15.2. The number of aryl methyl sites for hydroxylation is 1. The van der Waals surface area contributed by atoms with Crippen molar-refractivity contribution in [2.75, 3.05) is 26.0 Å². The third kappa shape index (κ3) is 7.71. The molecule has 7 nitrogen and oxygen atoms in total. The molecule has 1 atom stereocenters. The molecule has 0 aliphatic heterocycles. The predicted molar refractivity (Wildman–Crippen MR) is 139 cm³/mol. The molecule has 1 aliphatic carbocycles. The fourth-order valence-corrected chi connectivity index (χ4v) is 5.56. The monoisotopic (exact) mass is 550 g/mol. The number of anilines is 1. The first kappa shape index (κ1) is 29.5. The number of hydrogen-bond acceptors (Lipinski definition) is 6. The minimum absolute atomic E-state index is 0.0821. The van der Waals surface area contributed by atoms with Gasteiger partial charge in [0.15, 0.2) is 5.67 Å². The van der Waals surface area contributed by atoms with Crippen molar-refractivity contribution < 1.29 is 26.4 Å². The third-order valence-electron chi connectivity index (χ3n) is 6.74. The van der Waals surface area contributed by atoms with Gasteiger partial charge in [-0.25, -0.2) is 26.3 Å².